The minimum absolute atomic E-state index is 0.0822. The van der Waals surface area contributed by atoms with Gasteiger partial charge in [0, 0.05) is 30.7 Å². The Morgan fingerprint density at radius 3 is 3.04 bits per heavy atom. The van der Waals surface area contributed by atoms with E-state index in [0.717, 1.165) is 29.7 Å². The molecular formula is C17H22N4OS. The average Bonchev–Trinajstić information content (AvgIpc) is 3.04. The summed E-state index contributed by atoms with van der Waals surface area (Å²) in [6.45, 7) is 5.93. The number of carbonyl (C=O) groups excluding carboxylic acids is 1. The van der Waals surface area contributed by atoms with Crippen LogP contribution in [0.15, 0.2) is 23.7 Å². The number of carbonyl (C=O) groups is 1. The Morgan fingerprint density at radius 2 is 2.30 bits per heavy atom. The maximum absolute atomic E-state index is 12.3. The van der Waals surface area contributed by atoms with Gasteiger partial charge in [-0.3, -0.25) is 9.69 Å². The van der Waals surface area contributed by atoms with Crippen LogP contribution in [0.5, 0.6) is 0 Å². The molecule has 2 aliphatic rings. The van der Waals surface area contributed by atoms with Crippen LogP contribution in [0, 0.1) is 5.92 Å². The molecule has 0 aromatic carbocycles. The van der Waals surface area contributed by atoms with E-state index in [1.54, 1.807) is 11.3 Å². The summed E-state index contributed by atoms with van der Waals surface area (Å²) in [6.07, 6.45) is 4.64. The van der Waals surface area contributed by atoms with Crippen molar-refractivity contribution in [2.45, 2.75) is 38.9 Å². The van der Waals surface area contributed by atoms with E-state index < -0.39 is 0 Å². The van der Waals surface area contributed by atoms with E-state index in [2.05, 4.69) is 26.7 Å². The first-order valence-electron chi connectivity index (χ1n) is 8.32. The molecule has 0 saturated heterocycles. The molecule has 0 radical (unpaired) electrons. The SMILES string of the molecule is C[C@@H]1c2nc(C(=O)NCc3cccs3)cn2CCN1CC1CC1. The van der Waals surface area contributed by atoms with E-state index in [4.69, 9.17) is 0 Å². The van der Waals surface area contributed by atoms with Crippen molar-refractivity contribution < 1.29 is 4.79 Å². The van der Waals surface area contributed by atoms with E-state index >= 15 is 0 Å². The van der Waals surface area contributed by atoms with Crippen LogP contribution in [0.25, 0.3) is 0 Å². The lowest BCUT2D eigenvalue weighted by Crippen LogP contribution is -2.38. The van der Waals surface area contributed by atoms with E-state index in [9.17, 15) is 4.79 Å². The fourth-order valence-electron chi connectivity index (χ4n) is 3.20. The van der Waals surface area contributed by atoms with Gasteiger partial charge in [-0.2, -0.15) is 0 Å². The molecule has 0 unspecified atom stereocenters. The largest absolute Gasteiger partial charge is 0.346 e. The van der Waals surface area contributed by atoms with Crippen LogP contribution >= 0.6 is 11.3 Å². The number of amides is 1. The van der Waals surface area contributed by atoms with Gasteiger partial charge in [-0.15, -0.1) is 11.3 Å². The lowest BCUT2D eigenvalue weighted by atomic mass is 10.2. The molecule has 1 N–H and O–H groups in total. The van der Waals surface area contributed by atoms with Crippen LogP contribution < -0.4 is 5.32 Å². The van der Waals surface area contributed by atoms with Gasteiger partial charge in [-0.05, 0) is 37.1 Å². The van der Waals surface area contributed by atoms with Gasteiger partial charge in [0.2, 0.25) is 0 Å². The summed E-state index contributed by atoms with van der Waals surface area (Å²) in [5, 5.41) is 4.98. The molecule has 2 aromatic rings. The van der Waals surface area contributed by atoms with Crippen molar-refractivity contribution in [2.75, 3.05) is 13.1 Å². The molecule has 4 rings (SSSR count). The second kappa shape index (κ2) is 6.09. The number of thiophene rings is 1. The number of aromatic nitrogens is 2. The molecule has 1 saturated carbocycles. The van der Waals surface area contributed by atoms with Crippen LogP contribution in [0.4, 0.5) is 0 Å². The highest BCUT2D eigenvalue weighted by atomic mass is 32.1. The highest BCUT2D eigenvalue weighted by molar-refractivity contribution is 7.09. The van der Waals surface area contributed by atoms with Crippen molar-refractivity contribution in [3.63, 3.8) is 0 Å². The molecule has 1 fully saturated rings. The van der Waals surface area contributed by atoms with Gasteiger partial charge in [0.15, 0.2) is 0 Å². The van der Waals surface area contributed by atoms with Crippen molar-refractivity contribution in [1.82, 2.24) is 19.8 Å². The minimum Gasteiger partial charge on any atom is -0.346 e. The van der Waals surface area contributed by atoms with Crippen molar-refractivity contribution >= 4 is 17.2 Å². The van der Waals surface area contributed by atoms with Crippen LogP contribution in [-0.4, -0.2) is 33.4 Å². The van der Waals surface area contributed by atoms with Crippen molar-refractivity contribution in [1.29, 1.82) is 0 Å². The summed E-state index contributed by atoms with van der Waals surface area (Å²) in [6, 6.07) is 4.32. The van der Waals surface area contributed by atoms with Gasteiger partial charge in [-0.1, -0.05) is 6.07 Å². The van der Waals surface area contributed by atoms with Gasteiger partial charge < -0.3 is 9.88 Å². The van der Waals surface area contributed by atoms with Crippen LogP contribution in [-0.2, 0) is 13.1 Å². The maximum atomic E-state index is 12.3. The summed E-state index contributed by atoms with van der Waals surface area (Å²) in [7, 11) is 0. The molecule has 1 amide bonds. The Kier molecular flexibility index (Phi) is 3.95. The number of rotatable bonds is 5. The number of nitrogens with one attached hydrogen (secondary N) is 1. The summed E-state index contributed by atoms with van der Waals surface area (Å²) < 4.78 is 2.15. The number of hydrogen-bond donors (Lipinski definition) is 1. The second-order valence-corrected chi connectivity index (χ2v) is 7.59. The number of nitrogens with zero attached hydrogens (tertiary/aromatic N) is 3. The van der Waals surface area contributed by atoms with Crippen LogP contribution in [0.2, 0.25) is 0 Å². The Bertz CT molecular complexity index is 690. The lowest BCUT2D eigenvalue weighted by molar-refractivity contribution is 0.0946. The molecule has 1 aliphatic carbocycles. The first-order valence-corrected chi connectivity index (χ1v) is 9.20. The fourth-order valence-corrected chi connectivity index (χ4v) is 3.84. The second-order valence-electron chi connectivity index (χ2n) is 6.55. The first-order chi connectivity index (χ1) is 11.2. The monoisotopic (exact) mass is 330 g/mol. The predicted molar refractivity (Wildman–Crippen MR) is 90.4 cm³/mol. The molecule has 6 heteroatoms. The molecule has 1 atom stereocenters. The predicted octanol–water partition coefficient (Wildman–Crippen LogP) is 2.66. The average molecular weight is 330 g/mol. The highest BCUT2D eigenvalue weighted by Gasteiger charge is 2.32. The number of hydrogen-bond acceptors (Lipinski definition) is 4. The zero-order valence-corrected chi connectivity index (χ0v) is 14.2. The van der Waals surface area contributed by atoms with Crippen molar-refractivity contribution in [2.24, 2.45) is 5.92 Å². The molecule has 0 spiro atoms. The Balaban J connectivity index is 1.43. The first kappa shape index (κ1) is 14.9. The molecule has 122 valence electrons. The standard InChI is InChI=1S/C17H22N4OS/c1-12-16-19-15(17(22)18-9-14-3-2-8-23-14)11-21(16)7-6-20(12)10-13-4-5-13/h2-3,8,11-13H,4-7,9-10H2,1H3,(H,18,22)/t12-/m1/s1. The summed E-state index contributed by atoms with van der Waals surface area (Å²) >= 11 is 1.65. The van der Waals surface area contributed by atoms with Crippen LogP contribution in [0.3, 0.4) is 0 Å². The molecular weight excluding hydrogens is 308 g/mol. The van der Waals surface area contributed by atoms with E-state index in [1.165, 1.54) is 19.4 Å². The zero-order valence-electron chi connectivity index (χ0n) is 13.4. The minimum atomic E-state index is -0.0822. The van der Waals surface area contributed by atoms with Crippen molar-refractivity contribution in [3.05, 3.63) is 40.1 Å². The summed E-state index contributed by atoms with van der Waals surface area (Å²) in [5.41, 5.74) is 0.539. The number of fused-ring (bicyclic) bond motifs is 1. The normalized spacial score (nSPS) is 21.2. The summed E-state index contributed by atoms with van der Waals surface area (Å²) in [4.78, 5) is 20.6. The molecule has 1 aliphatic heterocycles. The molecule has 23 heavy (non-hydrogen) atoms. The van der Waals surface area contributed by atoms with Crippen LogP contribution in [0.1, 0.15) is 47.0 Å². The van der Waals surface area contributed by atoms with E-state index in [-0.39, 0.29) is 5.91 Å². The van der Waals surface area contributed by atoms with Crippen molar-refractivity contribution in [3.8, 4) is 0 Å². The summed E-state index contributed by atoms with van der Waals surface area (Å²) in [5.74, 6) is 1.83. The van der Waals surface area contributed by atoms with E-state index in [0.29, 0.717) is 18.3 Å². The Labute approximate surface area is 140 Å². The smallest absolute Gasteiger partial charge is 0.271 e. The molecule has 2 aromatic heterocycles. The maximum Gasteiger partial charge on any atom is 0.271 e. The Hall–Kier alpha value is -1.66. The number of imidazole rings is 1. The third-order valence-electron chi connectivity index (χ3n) is 4.78. The zero-order chi connectivity index (χ0) is 15.8. The van der Waals surface area contributed by atoms with Gasteiger partial charge in [0.25, 0.3) is 5.91 Å². The lowest BCUT2D eigenvalue weighted by Gasteiger charge is -2.33. The third kappa shape index (κ3) is 3.19. The molecule has 5 nitrogen and oxygen atoms in total. The topological polar surface area (TPSA) is 50.2 Å². The van der Waals surface area contributed by atoms with E-state index in [1.807, 2.05) is 23.7 Å². The van der Waals surface area contributed by atoms with Gasteiger partial charge in [0.1, 0.15) is 11.5 Å². The van der Waals surface area contributed by atoms with Gasteiger partial charge in [0.05, 0.1) is 12.6 Å². The quantitative estimate of drug-likeness (QED) is 0.917. The Morgan fingerprint density at radius 1 is 1.43 bits per heavy atom. The van der Waals surface area contributed by atoms with Gasteiger partial charge >= 0.3 is 0 Å². The highest BCUT2D eigenvalue weighted by Crippen LogP contribution is 2.33. The van der Waals surface area contributed by atoms with Gasteiger partial charge in [-0.25, -0.2) is 4.98 Å². The third-order valence-corrected chi connectivity index (χ3v) is 5.66. The molecule has 3 heterocycles. The molecule has 0 bridgehead atoms. The fraction of sp³-hybridized carbons (Fsp3) is 0.529.